The van der Waals surface area contributed by atoms with E-state index in [-0.39, 0.29) is 11.4 Å². The van der Waals surface area contributed by atoms with E-state index in [2.05, 4.69) is 5.32 Å². The lowest BCUT2D eigenvalue weighted by atomic mass is 10.2. The van der Waals surface area contributed by atoms with Crippen molar-refractivity contribution in [1.82, 2.24) is 0 Å². The van der Waals surface area contributed by atoms with Gasteiger partial charge in [-0.2, -0.15) is 0 Å². The van der Waals surface area contributed by atoms with Crippen molar-refractivity contribution in [2.24, 2.45) is 0 Å². The van der Waals surface area contributed by atoms with Crippen LogP contribution in [0, 0.1) is 19.5 Å². The molecule has 0 aromatic heterocycles. The number of nitro benzene ring substituents is 1. The largest absolute Gasteiger partial charge is 0.494 e. The highest BCUT2D eigenvalue weighted by Gasteiger charge is 2.12. The Morgan fingerprint density at radius 1 is 1.25 bits per heavy atom. The zero-order valence-corrected chi connectivity index (χ0v) is 12.5. The molecule has 0 atom stereocenters. The van der Waals surface area contributed by atoms with Crippen LogP contribution in [-0.4, -0.2) is 12.0 Å². The Morgan fingerprint density at radius 3 is 2.45 bits per heavy atom. The number of rotatable bonds is 4. The lowest BCUT2D eigenvalue weighted by molar-refractivity contribution is -0.385. The lowest BCUT2D eigenvalue weighted by Gasteiger charge is -2.09. The Bertz CT molecular complexity index is 664. The number of hydrogen-bond acceptors (Lipinski definition) is 4. The van der Waals surface area contributed by atoms with Gasteiger partial charge in [0.25, 0.3) is 5.69 Å². The molecule has 0 aliphatic rings. The Balaban J connectivity index is 2.24. The molecular weight excluding hydrogens is 378 g/mol. The van der Waals surface area contributed by atoms with E-state index in [0.29, 0.717) is 14.9 Å². The van der Waals surface area contributed by atoms with E-state index in [9.17, 15) is 14.5 Å². The van der Waals surface area contributed by atoms with E-state index in [1.807, 2.05) is 22.6 Å². The topological polar surface area (TPSA) is 64.4 Å². The predicted molar refractivity (Wildman–Crippen MR) is 82.0 cm³/mol. The molecule has 0 heterocycles. The predicted octanol–water partition coefficient (Wildman–Crippen LogP) is 4.09. The number of nitrogens with one attached hydrogen (secondary N) is 1. The van der Waals surface area contributed by atoms with E-state index in [1.165, 1.54) is 25.3 Å². The van der Waals surface area contributed by atoms with E-state index in [0.717, 1.165) is 0 Å². The number of halogens is 2. The van der Waals surface area contributed by atoms with E-state index < -0.39 is 10.7 Å². The van der Waals surface area contributed by atoms with Gasteiger partial charge in [0.2, 0.25) is 0 Å². The van der Waals surface area contributed by atoms with Crippen LogP contribution in [0.5, 0.6) is 5.75 Å². The summed E-state index contributed by atoms with van der Waals surface area (Å²) in [5, 5.41) is 13.7. The monoisotopic (exact) mass is 388 g/mol. The number of ether oxygens (including phenoxy) is 1. The number of hydrogen-bond donors (Lipinski definition) is 1. The third-order valence-corrected chi connectivity index (χ3v) is 3.45. The minimum atomic E-state index is -0.478. The van der Waals surface area contributed by atoms with E-state index in [1.54, 1.807) is 18.2 Å². The molecule has 0 bridgehead atoms. The van der Waals surface area contributed by atoms with Gasteiger partial charge < -0.3 is 10.1 Å². The summed E-state index contributed by atoms with van der Waals surface area (Å²) in [5.41, 5.74) is 1.22. The van der Waals surface area contributed by atoms with Gasteiger partial charge in [-0.15, -0.1) is 0 Å². The summed E-state index contributed by atoms with van der Waals surface area (Å²) >= 11 is 1.89. The van der Waals surface area contributed by atoms with Gasteiger partial charge in [0.05, 0.1) is 15.6 Å². The summed E-state index contributed by atoms with van der Waals surface area (Å²) in [6.07, 6.45) is 0. The van der Waals surface area contributed by atoms with E-state index >= 15 is 0 Å². The van der Waals surface area contributed by atoms with Crippen molar-refractivity contribution in [2.75, 3.05) is 12.4 Å². The van der Waals surface area contributed by atoms with Gasteiger partial charge in [-0.3, -0.25) is 10.1 Å². The van der Waals surface area contributed by atoms with Crippen LogP contribution in [0.2, 0.25) is 0 Å². The maximum Gasteiger partial charge on any atom is 0.282 e. The molecule has 0 aliphatic carbocycles. The van der Waals surface area contributed by atoms with Gasteiger partial charge in [-0.05, 0) is 46.9 Å². The molecule has 20 heavy (non-hydrogen) atoms. The summed E-state index contributed by atoms with van der Waals surface area (Å²) in [5.74, 6) is -0.317. The summed E-state index contributed by atoms with van der Waals surface area (Å²) < 4.78 is 18.9. The molecule has 2 rings (SSSR count). The van der Waals surface area contributed by atoms with Crippen LogP contribution < -0.4 is 10.1 Å². The molecule has 2 aromatic carbocycles. The quantitative estimate of drug-likeness (QED) is 0.487. The van der Waals surface area contributed by atoms with Crippen molar-refractivity contribution in [2.45, 2.75) is 0 Å². The first-order chi connectivity index (χ1) is 9.51. The molecule has 0 fully saturated rings. The minimum Gasteiger partial charge on any atom is -0.494 e. The average Bonchev–Trinajstić information content (AvgIpc) is 2.38. The molecule has 0 saturated carbocycles. The normalized spacial score (nSPS) is 10.2. The van der Waals surface area contributed by atoms with Crippen molar-refractivity contribution in [1.29, 1.82) is 0 Å². The lowest BCUT2D eigenvalue weighted by Crippen LogP contribution is -1.96. The second kappa shape index (κ2) is 6.04. The van der Waals surface area contributed by atoms with Crippen LogP contribution in [-0.2, 0) is 0 Å². The van der Waals surface area contributed by atoms with Crippen LogP contribution in [0.25, 0.3) is 0 Å². The maximum atomic E-state index is 13.5. The second-order valence-corrected chi connectivity index (χ2v) is 5.06. The first-order valence-electron chi connectivity index (χ1n) is 5.56. The fraction of sp³-hybridized carbons (Fsp3) is 0.0769. The molecule has 0 aliphatic heterocycles. The standard InChI is InChI=1S/C13H10FIN2O3/c1-20-13-5-3-8(6-10(13)14)16-9-2-4-12(17(18)19)11(15)7-9/h2-7,16H,1H3. The van der Waals surface area contributed by atoms with Crippen LogP contribution in [0.4, 0.5) is 21.5 Å². The molecular formula is C13H10FIN2O3. The fourth-order valence-corrected chi connectivity index (χ4v) is 2.36. The smallest absolute Gasteiger partial charge is 0.282 e. The highest BCUT2D eigenvalue weighted by atomic mass is 127. The molecule has 7 heteroatoms. The zero-order chi connectivity index (χ0) is 14.7. The van der Waals surface area contributed by atoms with Gasteiger partial charge in [0.1, 0.15) is 0 Å². The third kappa shape index (κ3) is 3.16. The van der Waals surface area contributed by atoms with Gasteiger partial charge in [0.15, 0.2) is 11.6 Å². The third-order valence-electron chi connectivity index (χ3n) is 2.58. The Hall–Kier alpha value is -1.90. The van der Waals surface area contributed by atoms with Crippen molar-refractivity contribution in [3.05, 3.63) is 55.9 Å². The number of anilines is 2. The molecule has 1 N–H and O–H groups in total. The van der Waals surface area contributed by atoms with Crippen LogP contribution >= 0.6 is 22.6 Å². The van der Waals surface area contributed by atoms with Crippen molar-refractivity contribution >= 4 is 39.7 Å². The first kappa shape index (κ1) is 14.5. The highest BCUT2D eigenvalue weighted by molar-refractivity contribution is 14.1. The first-order valence-corrected chi connectivity index (χ1v) is 6.63. The molecule has 5 nitrogen and oxygen atoms in total. The highest BCUT2D eigenvalue weighted by Crippen LogP contribution is 2.27. The van der Waals surface area contributed by atoms with Gasteiger partial charge in [-0.1, -0.05) is 0 Å². The van der Waals surface area contributed by atoms with Crippen LogP contribution in [0.15, 0.2) is 36.4 Å². The van der Waals surface area contributed by atoms with Crippen molar-refractivity contribution in [3.8, 4) is 5.75 Å². The Morgan fingerprint density at radius 2 is 1.90 bits per heavy atom. The van der Waals surface area contributed by atoms with Crippen LogP contribution in [0.3, 0.4) is 0 Å². The molecule has 2 aromatic rings. The molecule has 0 unspecified atom stereocenters. The molecule has 0 radical (unpaired) electrons. The van der Waals surface area contributed by atoms with E-state index in [4.69, 9.17) is 4.74 Å². The SMILES string of the molecule is COc1ccc(Nc2ccc([N+](=O)[O-])c(I)c2)cc1F. The fourth-order valence-electron chi connectivity index (χ4n) is 1.64. The Kier molecular flexibility index (Phi) is 4.38. The molecule has 0 saturated heterocycles. The number of methoxy groups -OCH3 is 1. The maximum absolute atomic E-state index is 13.5. The minimum absolute atomic E-state index is 0.0389. The summed E-state index contributed by atoms with van der Waals surface area (Å²) in [6, 6.07) is 9.07. The molecule has 0 spiro atoms. The number of benzene rings is 2. The molecule has 0 amide bonds. The zero-order valence-electron chi connectivity index (χ0n) is 10.4. The second-order valence-electron chi connectivity index (χ2n) is 3.90. The van der Waals surface area contributed by atoms with Gasteiger partial charge in [-0.25, -0.2) is 4.39 Å². The Labute approximate surface area is 128 Å². The summed E-state index contributed by atoms with van der Waals surface area (Å²) in [4.78, 5) is 10.3. The van der Waals surface area contributed by atoms with Gasteiger partial charge in [0, 0.05) is 23.5 Å². The molecule has 104 valence electrons. The average molecular weight is 388 g/mol. The van der Waals surface area contributed by atoms with Crippen LogP contribution in [0.1, 0.15) is 0 Å². The summed E-state index contributed by atoms with van der Waals surface area (Å²) in [7, 11) is 1.39. The summed E-state index contributed by atoms with van der Waals surface area (Å²) in [6.45, 7) is 0. The van der Waals surface area contributed by atoms with Crippen molar-refractivity contribution < 1.29 is 14.1 Å². The van der Waals surface area contributed by atoms with Gasteiger partial charge >= 0.3 is 0 Å². The van der Waals surface area contributed by atoms with Crippen molar-refractivity contribution in [3.63, 3.8) is 0 Å². The number of nitro groups is 1. The number of nitrogens with zero attached hydrogens (tertiary/aromatic N) is 1.